The van der Waals surface area contributed by atoms with Crippen molar-refractivity contribution in [3.05, 3.63) is 18.5 Å². The van der Waals surface area contributed by atoms with Crippen molar-refractivity contribution in [1.29, 1.82) is 0 Å². The lowest BCUT2D eigenvalue weighted by Crippen LogP contribution is -1.48. The van der Waals surface area contributed by atoms with Gasteiger partial charge in [-0.15, -0.1) is 5.73 Å². The summed E-state index contributed by atoms with van der Waals surface area (Å²) in [7, 11) is 0. The Labute approximate surface area is 37.7 Å². The van der Waals surface area contributed by atoms with Crippen molar-refractivity contribution in [2.45, 2.75) is 6.92 Å². The maximum atomic E-state index is 3.67. The summed E-state index contributed by atoms with van der Waals surface area (Å²) in [5.74, 6) is 0. The van der Waals surface area contributed by atoms with Gasteiger partial charge in [-0.2, -0.15) is 0 Å². The van der Waals surface area contributed by atoms with Gasteiger partial charge in [0.15, 0.2) is 0 Å². The summed E-state index contributed by atoms with van der Waals surface area (Å²) in [5, 5.41) is 0. The monoisotopic (exact) mass is 81.1 g/mol. The molecule has 0 rings (SSSR count). The van der Waals surface area contributed by atoms with Crippen LogP contribution in [0.1, 0.15) is 6.92 Å². The number of rotatable bonds is 1. The highest BCUT2D eigenvalue weighted by molar-refractivity contribution is 5.54. The molecular weight excluding hydrogens is 74.1 g/mol. The highest BCUT2D eigenvalue weighted by Gasteiger charge is 1.44. The smallest absolute Gasteiger partial charge is 0.0676 e. The fraction of sp³-hybridized carbons (Fsp3) is 0.200. The number of hydrogen-bond acceptors (Lipinski definition) is 1. The number of hydrogen-bond donors (Lipinski definition) is 0. The van der Waals surface area contributed by atoms with Gasteiger partial charge in [0, 0.05) is 6.21 Å². The molecule has 0 saturated carbocycles. The van der Waals surface area contributed by atoms with Crippen molar-refractivity contribution in [3.8, 4) is 0 Å². The van der Waals surface area contributed by atoms with E-state index in [1.165, 1.54) is 6.20 Å². The van der Waals surface area contributed by atoms with Gasteiger partial charge in [0.1, 0.15) is 0 Å². The van der Waals surface area contributed by atoms with Crippen LogP contribution in [-0.2, 0) is 0 Å². The lowest BCUT2D eigenvalue weighted by Gasteiger charge is -1.59. The summed E-state index contributed by atoms with van der Waals surface area (Å²) < 4.78 is 0. The van der Waals surface area contributed by atoms with Crippen molar-refractivity contribution < 1.29 is 0 Å². The van der Waals surface area contributed by atoms with E-state index < -0.39 is 0 Å². The second kappa shape index (κ2) is 4.19. The standard InChI is InChI=1S/C5H7N/c1-3-5-6-4-2/h4-5H,1H2,2H3/b6-4+. The molecule has 0 amide bonds. The molecule has 0 N–H and O–H groups in total. The van der Waals surface area contributed by atoms with Gasteiger partial charge in [-0.3, -0.25) is 4.99 Å². The fourth-order valence-corrected chi connectivity index (χ4v) is 0.127. The predicted molar refractivity (Wildman–Crippen MR) is 27.9 cm³/mol. The zero-order valence-corrected chi connectivity index (χ0v) is 3.81. The lowest BCUT2D eigenvalue weighted by atomic mass is 10.8. The zero-order chi connectivity index (χ0) is 4.83. The van der Waals surface area contributed by atoms with Gasteiger partial charge < -0.3 is 0 Å². The maximum Gasteiger partial charge on any atom is 0.0676 e. The lowest BCUT2D eigenvalue weighted by molar-refractivity contribution is 1.59. The van der Waals surface area contributed by atoms with Crippen molar-refractivity contribution in [2.75, 3.05) is 0 Å². The van der Waals surface area contributed by atoms with Crippen LogP contribution in [0.3, 0.4) is 0 Å². The van der Waals surface area contributed by atoms with Gasteiger partial charge in [0.2, 0.25) is 0 Å². The molecule has 0 aliphatic rings. The molecule has 0 aliphatic carbocycles. The van der Waals surface area contributed by atoms with Gasteiger partial charge in [0.05, 0.1) is 6.20 Å². The molecule has 0 fully saturated rings. The van der Waals surface area contributed by atoms with E-state index in [4.69, 9.17) is 0 Å². The largest absolute Gasteiger partial charge is 0.261 e. The van der Waals surface area contributed by atoms with E-state index in [1.807, 2.05) is 6.92 Å². The average molecular weight is 81.1 g/mol. The van der Waals surface area contributed by atoms with Gasteiger partial charge >= 0.3 is 0 Å². The van der Waals surface area contributed by atoms with Crippen molar-refractivity contribution >= 4 is 6.21 Å². The molecule has 32 valence electrons. The summed E-state index contributed by atoms with van der Waals surface area (Å²) in [5.41, 5.74) is 2.50. The molecule has 0 bridgehead atoms. The van der Waals surface area contributed by atoms with Crippen LogP contribution in [0.25, 0.3) is 0 Å². The molecule has 1 heteroatoms. The molecule has 0 aromatic heterocycles. The van der Waals surface area contributed by atoms with Gasteiger partial charge in [0.25, 0.3) is 0 Å². The minimum Gasteiger partial charge on any atom is -0.261 e. The second-order valence-electron chi connectivity index (χ2n) is 0.740. The summed E-state index contributed by atoms with van der Waals surface area (Å²) in [6.45, 7) is 5.14. The topological polar surface area (TPSA) is 12.4 Å². The Morgan fingerprint density at radius 1 is 1.83 bits per heavy atom. The van der Waals surface area contributed by atoms with Gasteiger partial charge in [-0.25, -0.2) is 0 Å². The average Bonchev–Trinajstić information content (AvgIpc) is 1.61. The third kappa shape index (κ3) is 3.19. The molecule has 0 saturated heterocycles. The van der Waals surface area contributed by atoms with Crippen LogP contribution in [0.4, 0.5) is 0 Å². The molecule has 0 atom stereocenters. The van der Waals surface area contributed by atoms with Crippen LogP contribution in [-0.4, -0.2) is 6.21 Å². The van der Waals surface area contributed by atoms with E-state index in [-0.39, 0.29) is 0 Å². The fourth-order valence-electron chi connectivity index (χ4n) is 0.127. The minimum absolute atomic E-state index is 1.51. The van der Waals surface area contributed by atoms with Gasteiger partial charge in [-0.1, -0.05) is 6.58 Å². The van der Waals surface area contributed by atoms with E-state index in [1.54, 1.807) is 6.21 Å². The second-order valence-corrected chi connectivity index (χ2v) is 0.740. The van der Waals surface area contributed by atoms with Crippen LogP contribution in [0, 0.1) is 0 Å². The van der Waals surface area contributed by atoms with Gasteiger partial charge in [-0.05, 0) is 6.92 Å². The van der Waals surface area contributed by atoms with Crippen molar-refractivity contribution in [1.82, 2.24) is 0 Å². The Balaban J connectivity index is 3.33. The van der Waals surface area contributed by atoms with Crippen LogP contribution < -0.4 is 0 Å². The minimum atomic E-state index is 1.51. The molecule has 0 aromatic rings. The Bertz CT molecular complexity index is 86.1. The third-order valence-electron chi connectivity index (χ3n) is 0.315. The summed E-state index contributed by atoms with van der Waals surface area (Å²) in [6.07, 6.45) is 3.19. The van der Waals surface area contributed by atoms with Crippen LogP contribution >= 0.6 is 0 Å². The highest BCUT2D eigenvalue weighted by atomic mass is 14.6. The summed E-state index contributed by atoms with van der Waals surface area (Å²) in [6, 6.07) is 0. The van der Waals surface area contributed by atoms with Crippen LogP contribution in [0.15, 0.2) is 23.5 Å². The first-order valence-electron chi connectivity index (χ1n) is 1.74. The predicted octanol–water partition coefficient (Wildman–Crippen LogP) is 1.38. The normalized spacial score (nSPS) is 8.17. The molecular formula is C5H7N. The Morgan fingerprint density at radius 3 is 2.67 bits per heavy atom. The number of aliphatic imine (C=N–C) groups is 1. The molecule has 0 heterocycles. The Morgan fingerprint density at radius 2 is 2.50 bits per heavy atom. The Hall–Kier alpha value is -0.810. The summed E-state index contributed by atoms with van der Waals surface area (Å²) in [4.78, 5) is 3.67. The van der Waals surface area contributed by atoms with Crippen LogP contribution in [0.2, 0.25) is 0 Å². The first kappa shape index (κ1) is 5.19. The molecule has 0 aliphatic heterocycles. The molecule has 1 nitrogen and oxygen atoms in total. The van der Waals surface area contributed by atoms with Crippen LogP contribution in [0.5, 0.6) is 0 Å². The molecule has 0 spiro atoms. The number of nitrogens with zero attached hydrogens (tertiary/aromatic N) is 1. The first-order chi connectivity index (χ1) is 2.91. The molecule has 0 aromatic carbocycles. The van der Waals surface area contributed by atoms with E-state index >= 15 is 0 Å². The van der Waals surface area contributed by atoms with E-state index in [2.05, 4.69) is 17.3 Å². The van der Waals surface area contributed by atoms with E-state index in [0.717, 1.165) is 0 Å². The molecule has 0 unspecified atom stereocenters. The van der Waals surface area contributed by atoms with Crippen molar-refractivity contribution in [2.24, 2.45) is 4.99 Å². The quantitative estimate of drug-likeness (QED) is 0.334. The SMILES string of the molecule is C=C=C/N=C/C. The van der Waals surface area contributed by atoms with E-state index in [0.29, 0.717) is 0 Å². The first-order valence-corrected chi connectivity index (χ1v) is 1.74. The highest BCUT2D eigenvalue weighted by Crippen LogP contribution is 1.61. The maximum absolute atomic E-state index is 3.67. The third-order valence-corrected chi connectivity index (χ3v) is 0.315. The summed E-state index contributed by atoms with van der Waals surface area (Å²) >= 11 is 0. The Kier molecular flexibility index (Phi) is 3.62. The van der Waals surface area contributed by atoms with E-state index in [9.17, 15) is 0 Å². The zero-order valence-electron chi connectivity index (χ0n) is 3.81. The molecule has 0 radical (unpaired) electrons. The molecule has 6 heavy (non-hydrogen) atoms. The van der Waals surface area contributed by atoms with Crippen molar-refractivity contribution in [3.63, 3.8) is 0 Å².